The second kappa shape index (κ2) is 16.1. The highest BCUT2D eigenvalue weighted by Gasteiger charge is 2.53. The molecule has 0 amide bonds. The van der Waals surface area contributed by atoms with Crippen LogP contribution in [-0.2, 0) is 10.8 Å². The molecular weight excluding hydrogens is 965 g/mol. The van der Waals surface area contributed by atoms with Crippen LogP contribution >= 0.6 is 0 Å². The van der Waals surface area contributed by atoms with Crippen molar-refractivity contribution in [3.63, 3.8) is 0 Å². The van der Waals surface area contributed by atoms with Gasteiger partial charge < -0.3 is 9.47 Å². The Morgan fingerprint density at radius 2 is 0.775 bits per heavy atom. The van der Waals surface area contributed by atoms with E-state index in [4.69, 9.17) is 0 Å². The summed E-state index contributed by atoms with van der Waals surface area (Å²) in [6.45, 7) is 0. The molecule has 2 heteroatoms. The maximum absolute atomic E-state index is 2.53. The number of para-hydroxylation sites is 3. The Morgan fingerprint density at radius 1 is 0.275 bits per heavy atom. The van der Waals surface area contributed by atoms with E-state index in [1.54, 1.807) is 0 Å². The van der Waals surface area contributed by atoms with Crippen LogP contribution in [0.5, 0.6) is 0 Å². The highest BCUT2D eigenvalue weighted by Crippen LogP contribution is 2.65. The molecule has 3 aliphatic carbocycles. The predicted octanol–water partition coefficient (Wildman–Crippen LogP) is 19.8. The summed E-state index contributed by atoms with van der Waals surface area (Å²) in [5.74, 6) is 0. The van der Waals surface area contributed by atoms with Crippen molar-refractivity contribution in [2.45, 2.75) is 10.8 Å². The molecule has 2 nitrogen and oxygen atoms in total. The molecule has 2 spiro atoms. The number of benzene rings is 13. The molecule has 1 aromatic heterocycles. The molecule has 13 aromatic carbocycles. The van der Waals surface area contributed by atoms with Gasteiger partial charge >= 0.3 is 0 Å². The number of aromatic nitrogens is 1. The van der Waals surface area contributed by atoms with E-state index in [1.165, 1.54) is 133 Å². The third-order valence-electron chi connectivity index (χ3n) is 18.6. The standard InChI is InChI=1S/C78H48N2/c1-2-23-55-49(19-1)20-16-29-56(55)50-41-44-53(45-42-50)79(74-40-18-36-69-75(74)63-28-6-11-34-67(63)77(69)64-31-8-3-24-57(64)58-25-4-9-32-65(58)77)54-22-15-21-51(47-54)52-43-46-60-59-26-5-10-33-66(59)78(71(60)48-52)68-35-12-14-39-73(68)80-72-38-13-7-27-61(72)62-30-17-37-70(78)76(62)80/h1-48H. The molecule has 80 heavy (non-hydrogen) atoms. The number of fused-ring (bicyclic) bond motifs is 23. The van der Waals surface area contributed by atoms with Crippen LogP contribution in [-0.4, -0.2) is 4.57 Å². The molecule has 0 bridgehead atoms. The molecule has 2 heterocycles. The Balaban J connectivity index is 0.861. The van der Waals surface area contributed by atoms with Crippen LogP contribution in [0.15, 0.2) is 291 Å². The lowest BCUT2D eigenvalue weighted by molar-refractivity contribution is 0.749. The zero-order chi connectivity index (χ0) is 52.3. The van der Waals surface area contributed by atoms with E-state index in [9.17, 15) is 0 Å². The molecule has 1 unspecified atom stereocenters. The first-order valence-electron chi connectivity index (χ1n) is 28.0. The van der Waals surface area contributed by atoms with Gasteiger partial charge in [-0.05, 0) is 154 Å². The van der Waals surface area contributed by atoms with E-state index in [0.29, 0.717) is 0 Å². The fourth-order valence-electron chi connectivity index (χ4n) is 15.6. The molecule has 370 valence electrons. The molecule has 14 aromatic rings. The van der Waals surface area contributed by atoms with Gasteiger partial charge in [-0.3, -0.25) is 0 Å². The van der Waals surface area contributed by atoms with Gasteiger partial charge in [0.1, 0.15) is 0 Å². The summed E-state index contributed by atoms with van der Waals surface area (Å²) >= 11 is 0. The van der Waals surface area contributed by atoms with Crippen molar-refractivity contribution in [3.05, 3.63) is 336 Å². The fourth-order valence-corrected chi connectivity index (χ4v) is 15.6. The van der Waals surface area contributed by atoms with E-state index in [2.05, 4.69) is 301 Å². The number of anilines is 3. The van der Waals surface area contributed by atoms with Gasteiger partial charge in [0.05, 0.1) is 33.2 Å². The van der Waals surface area contributed by atoms with Gasteiger partial charge in [0.25, 0.3) is 0 Å². The average Bonchev–Trinajstić information content (AvgIpc) is 2.90. The number of nitrogens with zero attached hydrogens (tertiary/aromatic N) is 2. The third kappa shape index (κ3) is 5.52. The van der Waals surface area contributed by atoms with Gasteiger partial charge in [-0.15, -0.1) is 0 Å². The van der Waals surface area contributed by atoms with E-state index >= 15 is 0 Å². The van der Waals surface area contributed by atoms with Crippen LogP contribution in [0.2, 0.25) is 0 Å². The van der Waals surface area contributed by atoms with Gasteiger partial charge in [-0.25, -0.2) is 0 Å². The van der Waals surface area contributed by atoms with Crippen LogP contribution in [0.3, 0.4) is 0 Å². The molecule has 0 saturated carbocycles. The van der Waals surface area contributed by atoms with Crippen LogP contribution in [0.4, 0.5) is 17.1 Å². The second-order valence-electron chi connectivity index (χ2n) is 22.2. The minimum absolute atomic E-state index is 0.477. The second-order valence-corrected chi connectivity index (χ2v) is 22.2. The summed E-state index contributed by atoms with van der Waals surface area (Å²) in [6.07, 6.45) is 0. The summed E-state index contributed by atoms with van der Waals surface area (Å²) in [4.78, 5) is 2.53. The fraction of sp³-hybridized carbons (Fsp3) is 0.0256. The van der Waals surface area contributed by atoms with Crippen molar-refractivity contribution in [3.8, 4) is 61.3 Å². The molecular formula is C78H48N2. The maximum atomic E-state index is 2.53. The van der Waals surface area contributed by atoms with Crippen molar-refractivity contribution < 1.29 is 0 Å². The smallest absolute Gasteiger partial charge is 0.0754 e. The van der Waals surface area contributed by atoms with Gasteiger partial charge in [-0.1, -0.05) is 243 Å². The summed E-state index contributed by atoms with van der Waals surface area (Å²) in [7, 11) is 0. The summed E-state index contributed by atoms with van der Waals surface area (Å²) in [5.41, 5.74) is 29.1. The maximum Gasteiger partial charge on any atom is 0.0754 e. The minimum Gasteiger partial charge on any atom is -0.310 e. The van der Waals surface area contributed by atoms with E-state index in [0.717, 1.165) is 22.6 Å². The van der Waals surface area contributed by atoms with Crippen molar-refractivity contribution in [1.82, 2.24) is 4.57 Å². The lowest BCUT2D eigenvalue weighted by Gasteiger charge is -2.39. The van der Waals surface area contributed by atoms with Crippen molar-refractivity contribution in [2.24, 2.45) is 0 Å². The minimum atomic E-state index is -0.552. The van der Waals surface area contributed by atoms with E-state index in [-0.39, 0.29) is 0 Å². The van der Waals surface area contributed by atoms with E-state index in [1.807, 2.05) is 0 Å². The SMILES string of the molecule is c1cc(-c2ccc3c(c2)C2(c4ccccc4-3)c3ccccc3-n3c4ccccc4c4cccc2c43)cc(N(c2ccc(-c3cccc4ccccc34)cc2)c2cccc3c2-c2ccccc2C32c3ccccc3-c3ccccc32)c1. The first-order chi connectivity index (χ1) is 39.7. The summed E-state index contributed by atoms with van der Waals surface area (Å²) < 4.78 is 2.53. The molecule has 1 aliphatic heterocycles. The molecule has 18 rings (SSSR count). The average molecular weight is 1010 g/mol. The van der Waals surface area contributed by atoms with Crippen molar-refractivity contribution in [1.29, 1.82) is 0 Å². The van der Waals surface area contributed by atoms with Crippen molar-refractivity contribution >= 4 is 49.6 Å². The Labute approximate surface area is 464 Å². The largest absolute Gasteiger partial charge is 0.310 e. The Hall–Kier alpha value is -10.3. The van der Waals surface area contributed by atoms with Crippen LogP contribution < -0.4 is 4.90 Å². The number of hydrogen-bond donors (Lipinski definition) is 0. The highest BCUT2D eigenvalue weighted by molar-refractivity contribution is 6.13. The summed E-state index contributed by atoms with van der Waals surface area (Å²) in [6, 6.07) is 110. The Bertz CT molecular complexity index is 4930. The van der Waals surface area contributed by atoms with Gasteiger partial charge in [0.15, 0.2) is 0 Å². The highest BCUT2D eigenvalue weighted by atomic mass is 15.1. The molecule has 0 radical (unpaired) electrons. The molecule has 0 N–H and O–H groups in total. The number of hydrogen-bond acceptors (Lipinski definition) is 1. The molecule has 1 atom stereocenters. The first-order valence-corrected chi connectivity index (χ1v) is 28.0. The molecule has 0 saturated heterocycles. The lowest BCUT2D eigenvalue weighted by Crippen LogP contribution is -2.33. The van der Waals surface area contributed by atoms with Gasteiger partial charge in [0, 0.05) is 27.7 Å². The topological polar surface area (TPSA) is 8.17 Å². The zero-order valence-corrected chi connectivity index (χ0v) is 43.6. The first kappa shape index (κ1) is 43.8. The van der Waals surface area contributed by atoms with Crippen LogP contribution in [0.25, 0.3) is 93.9 Å². The normalized spacial score (nSPS) is 15.2. The summed E-state index contributed by atoms with van der Waals surface area (Å²) in [5, 5.41) is 5.06. The van der Waals surface area contributed by atoms with Crippen molar-refractivity contribution in [2.75, 3.05) is 4.90 Å². The van der Waals surface area contributed by atoms with Gasteiger partial charge in [0.2, 0.25) is 0 Å². The predicted molar refractivity (Wildman–Crippen MR) is 331 cm³/mol. The molecule has 0 fully saturated rings. The number of rotatable bonds is 5. The monoisotopic (exact) mass is 1010 g/mol. The quantitative estimate of drug-likeness (QED) is 0.167. The molecule has 4 aliphatic rings. The zero-order valence-electron chi connectivity index (χ0n) is 43.6. The third-order valence-corrected chi connectivity index (χ3v) is 18.6. The van der Waals surface area contributed by atoms with Gasteiger partial charge in [-0.2, -0.15) is 0 Å². The Kier molecular flexibility index (Phi) is 8.83. The Morgan fingerprint density at radius 3 is 1.54 bits per heavy atom. The van der Waals surface area contributed by atoms with Crippen LogP contribution in [0.1, 0.15) is 44.5 Å². The lowest BCUT2D eigenvalue weighted by atomic mass is 9.65. The van der Waals surface area contributed by atoms with Crippen LogP contribution in [0, 0.1) is 0 Å². The van der Waals surface area contributed by atoms with E-state index < -0.39 is 10.8 Å².